The van der Waals surface area contributed by atoms with Crippen LogP contribution in [0.3, 0.4) is 0 Å². The van der Waals surface area contributed by atoms with Crippen LogP contribution in [0.5, 0.6) is 5.75 Å². The second kappa shape index (κ2) is 5.17. The molecule has 84 valence electrons. The highest BCUT2D eigenvalue weighted by atomic mass is 16.5. The van der Waals surface area contributed by atoms with Gasteiger partial charge in [-0.25, -0.2) is 4.79 Å². The number of nitrogens with zero attached hydrogens (tertiary/aromatic N) is 1. The summed E-state index contributed by atoms with van der Waals surface area (Å²) in [4.78, 5) is 11.6. The van der Waals surface area contributed by atoms with Crippen LogP contribution < -0.4 is 0 Å². The van der Waals surface area contributed by atoms with Crippen molar-refractivity contribution >= 4 is 5.97 Å². The molecule has 1 rings (SSSR count). The van der Waals surface area contributed by atoms with Gasteiger partial charge in [-0.3, -0.25) is 0 Å². The molecule has 0 fully saturated rings. The van der Waals surface area contributed by atoms with Crippen molar-refractivity contribution in [3.63, 3.8) is 0 Å². The zero-order valence-corrected chi connectivity index (χ0v) is 9.28. The average molecular weight is 219 g/mol. The number of hydrogen-bond donors (Lipinski definition) is 1. The summed E-state index contributed by atoms with van der Waals surface area (Å²) in [6.07, 6.45) is 0.506. The van der Waals surface area contributed by atoms with Crippen LogP contribution in [0.15, 0.2) is 12.1 Å². The van der Waals surface area contributed by atoms with E-state index in [1.165, 1.54) is 12.1 Å². The number of aromatic hydroxyl groups is 1. The van der Waals surface area contributed by atoms with Gasteiger partial charge in [-0.05, 0) is 25.5 Å². The van der Waals surface area contributed by atoms with Crippen molar-refractivity contribution in [3.05, 3.63) is 28.8 Å². The molecule has 0 bridgehead atoms. The van der Waals surface area contributed by atoms with E-state index in [1.54, 1.807) is 6.92 Å². The van der Waals surface area contributed by atoms with E-state index in [9.17, 15) is 9.90 Å². The molecule has 4 heteroatoms. The lowest BCUT2D eigenvalue weighted by Crippen LogP contribution is -2.08. The third kappa shape index (κ3) is 2.31. The molecule has 0 unspecified atom stereocenters. The Balaban J connectivity index is 3.29. The molecule has 0 aliphatic rings. The Kier molecular flexibility index (Phi) is 3.90. The van der Waals surface area contributed by atoms with Crippen molar-refractivity contribution in [2.24, 2.45) is 0 Å². The number of rotatable bonds is 3. The van der Waals surface area contributed by atoms with Crippen LogP contribution in [0, 0.1) is 11.3 Å². The number of phenols is 1. The van der Waals surface area contributed by atoms with Crippen molar-refractivity contribution in [1.29, 1.82) is 5.26 Å². The summed E-state index contributed by atoms with van der Waals surface area (Å²) in [5.74, 6) is -0.545. The topological polar surface area (TPSA) is 70.3 Å². The van der Waals surface area contributed by atoms with Gasteiger partial charge in [0.1, 0.15) is 5.75 Å². The highest BCUT2D eigenvalue weighted by Crippen LogP contribution is 2.24. The van der Waals surface area contributed by atoms with E-state index in [-0.39, 0.29) is 23.5 Å². The fraction of sp³-hybridized carbons (Fsp3) is 0.333. The summed E-state index contributed by atoms with van der Waals surface area (Å²) in [5, 5.41) is 18.4. The first-order valence-electron chi connectivity index (χ1n) is 5.07. The van der Waals surface area contributed by atoms with Gasteiger partial charge in [0.15, 0.2) is 0 Å². The van der Waals surface area contributed by atoms with Crippen molar-refractivity contribution in [3.8, 4) is 11.8 Å². The predicted octanol–water partition coefficient (Wildman–Crippen LogP) is 2.00. The van der Waals surface area contributed by atoms with Crippen molar-refractivity contribution in [1.82, 2.24) is 0 Å². The molecule has 0 saturated carbocycles. The zero-order valence-electron chi connectivity index (χ0n) is 9.28. The number of ether oxygens (including phenoxy) is 1. The van der Waals surface area contributed by atoms with Crippen LogP contribution in [0.4, 0.5) is 0 Å². The van der Waals surface area contributed by atoms with E-state index in [0.29, 0.717) is 12.0 Å². The van der Waals surface area contributed by atoms with Gasteiger partial charge in [-0.2, -0.15) is 5.26 Å². The van der Waals surface area contributed by atoms with Gasteiger partial charge in [0.2, 0.25) is 0 Å². The summed E-state index contributed by atoms with van der Waals surface area (Å²) in [7, 11) is 0. The molecule has 0 heterocycles. The van der Waals surface area contributed by atoms with Crippen LogP contribution in [0.25, 0.3) is 0 Å². The maximum atomic E-state index is 11.6. The van der Waals surface area contributed by atoms with Gasteiger partial charge in [-0.1, -0.05) is 6.92 Å². The molecule has 0 aromatic heterocycles. The van der Waals surface area contributed by atoms with Gasteiger partial charge >= 0.3 is 5.97 Å². The Bertz CT molecular complexity index is 446. The van der Waals surface area contributed by atoms with Gasteiger partial charge < -0.3 is 9.84 Å². The van der Waals surface area contributed by atoms with Crippen molar-refractivity contribution in [2.45, 2.75) is 20.3 Å². The van der Waals surface area contributed by atoms with Crippen LogP contribution in [0.1, 0.15) is 35.3 Å². The smallest absolute Gasteiger partial charge is 0.338 e. The normalized spacial score (nSPS) is 9.56. The highest BCUT2D eigenvalue weighted by molar-refractivity contribution is 5.92. The van der Waals surface area contributed by atoms with Gasteiger partial charge in [0, 0.05) is 5.56 Å². The molecular formula is C12H13NO3. The molecule has 0 spiro atoms. The van der Waals surface area contributed by atoms with Crippen LogP contribution in [-0.2, 0) is 11.2 Å². The second-order valence-electron chi connectivity index (χ2n) is 3.21. The number of carbonyl (C=O) groups is 1. The minimum absolute atomic E-state index is 0.0374. The Hall–Kier alpha value is -2.02. The maximum absolute atomic E-state index is 11.6. The molecule has 1 aromatic rings. The van der Waals surface area contributed by atoms with Crippen LogP contribution in [0.2, 0.25) is 0 Å². The van der Waals surface area contributed by atoms with Gasteiger partial charge in [0.05, 0.1) is 23.8 Å². The fourth-order valence-electron chi connectivity index (χ4n) is 1.48. The monoisotopic (exact) mass is 219 g/mol. The molecule has 1 N–H and O–H groups in total. The van der Waals surface area contributed by atoms with Crippen LogP contribution >= 0.6 is 0 Å². The van der Waals surface area contributed by atoms with Crippen molar-refractivity contribution < 1.29 is 14.6 Å². The summed E-state index contributed by atoms with van der Waals surface area (Å²) in [6, 6.07) is 4.68. The molecule has 0 amide bonds. The molecule has 4 nitrogen and oxygen atoms in total. The maximum Gasteiger partial charge on any atom is 0.338 e. The number of carbonyl (C=O) groups excluding carboxylic acids is 1. The average Bonchev–Trinajstić information content (AvgIpc) is 2.28. The summed E-state index contributed by atoms with van der Waals surface area (Å²) in [6.45, 7) is 3.79. The molecule has 0 atom stereocenters. The second-order valence-corrected chi connectivity index (χ2v) is 3.21. The van der Waals surface area contributed by atoms with Gasteiger partial charge in [0.25, 0.3) is 0 Å². The lowest BCUT2D eigenvalue weighted by molar-refractivity contribution is 0.0524. The third-order valence-electron chi connectivity index (χ3n) is 2.20. The van der Waals surface area contributed by atoms with Crippen molar-refractivity contribution in [2.75, 3.05) is 6.61 Å². The summed E-state index contributed by atoms with van der Waals surface area (Å²) < 4.78 is 4.87. The van der Waals surface area contributed by atoms with Gasteiger partial charge in [-0.15, -0.1) is 0 Å². The van der Waals surface area contributed by atoms with E-state index < -0.39 is 5.97 Å². The lowest BCUT2D eigenvalue weighted by atomic mass is 10.0. The molecule has 0 radical (unpaired) electrons. The zero-order chi connectivity index (χ0) is 12.1. The minimum atomic E-state index is -0.508. The third-order valence-corrected chi connectivity index (χ3v) is 2.20. The first-order chi connectivity index (χ1) is 7.63. The van der Waals surface area contributed by atoms with E-state index >= 15 is 0 Å². The minimum Gasteiger partial charge on any atom is -0.508 e. The van der Waals surface area contributed by atoms with E-state index in [0.717, 1.165) is 0 Å². The number of esters is 1. The summed E-state index contributed by atoms with van der Waals surface area (Å²) >= 11 is 0. The first kappa shape index (κ1) is 12.1. The fourth-order valence-corrected chi connectivity index (χ4v) is 1.48. The Labute approximate surface area is 94.1 Å². The molecular weight excluding hydrogens is 206 g/mol. The molecule has 1 aromatic carbocycles. The molecule has 0 saturated heterocycles. The van der Waals surface area contributed by atoms with E-state index in [1.807, 2.05) is 13.0 Å². The summed E-state index contributed by atoms with van der Waals surface area (Å²) in [5.41, 5.74) is 1.02. The predicted molar refractivity (Wildman–Crippen MR) is 58.2 cm³/mol. The number of nitriles is 1. The molecule has 16 heavy (non-hydrogen) atoms. The SMILES string of the molecule is CCOC(=O)c1cc(C#N)cc(O)c1CC. The van der Waals surface area contributed by atoms with E-state index in [2.05, 4.69) is 0 Å². The number of phenolic OH excluding ortho intramolecular Hbond substituents is 1. The largest absolute Gasteiger partial charge is 0.508 e. The molecule has 0 aliphatic carbocycles. The quantitative estimate of drug-likeness (QED) is 0.789. The van der Waals surface area contributed by atoms with Crippen LogP contribution in [-0.4, -0.2) is 17.7 Å². The molecule has 0 aliphatic heterocycles. The first-order valence-corrected chi connectivity index (χ1v) is 5.07. The Morgan fingerprint density at radius 2 is 2.19 bits per heavy atom. The Morgan fingerprint density at radius 1 is 1.50 bits per heavy atom. The number of benzene rings is 1. The standard InChI is InChI=1S/C12H13NO3/c1-3-9-10(12(15)16-4-2)5-8(7-13)6-11(9)14/h5-6,14H,3-4H2,1-2H3. The lowest BCUT2D eigenvalue weighted by Gasteiger charge is -2.09. The highest BCUT2D eigenvalue weighted by Gasteiger charge is 2.16. The van der Waals surface area contributed by atoms with E-state index in [4.69, 9.17) is 10.00 Å². The Morgan fingerprint density at radius 3 is 2.69 bits per heavy atom. The number of hydrogen-bond acceptors (Lipinski definition) is 4.